The number of hydrogen-bond acceptors (Lipinski definition) is 3. The summed E-state index contributed by atoms with van der Waals surface area (Å²) in [6.45, 7) is 4.42. The number of halogens is 1. The Kier molecular flexibility index (Phi) is 6.33. The minimum atomic E-state index is -0.574. The summed E-state index contributed by atoms with van der Waals surface area (Å²) in [6, 6.07) is 17.5. The fraction of sp³-hybridized carbons (Fsp3) is 0.391. The van der Waals surface area contributed by atoms with Crippen LogP contribution in [0.25, 0.3) is 0 Å². The largest absolute Gasteiger partial charge is 0.460 e. The maximum Gasteiger partial charge on any atom is 0.314 e. The average molecular weight is 384 g/mol. The number of benzene rings is 2. The van der Waals surface area contributed by atoms with E-state index < -0.39 is 5.41 Å². The number of rotatable bonds is 7. The Labute approximate surface area is 166 Å². The van der Waals surface area contributed by atoms with E-state index in [1.54, 1.807) is 0 Å². The molecule has 0 radical (unpaired) electrons. The van der Waals surface area contributed by atoms with Crippen molar-refractivity contribution < 1.29 is 9.53 Å². The molecule has 4 heteroatoms. The van der Waals surface area contributed by atoms with Gasteiger partial charge in [0.05, 0.1) is 11.5 Å². The molecule has 1 aliphatic heterocycles. The molecular weight excluding hydrogens is 358 g/mol. The zero-order valence-corrected chi connectivity index (χ0v) is 16.7. The lowest BCUT2D eigenvalue weighted by molar-refractivity contribution is -0.159. The van der Waals surface area contributed by atoms with Crippen molar-refractivity contribution in [1.82, 2.24) is 0 Å². The normalized spacial score (nSPS) is 16.9. The number of carbonyl (C=O) groups excluding carboxylic acids is 1. The quantitative estimate of drug-likeness (QED) is 0.563. The van der Waals surface area contributed by atoms with Crippen molar-refractivity contribution >= 4 is 23.3 Å². The molecule has 0 unspecified atom stereocenters. The molecule has 0 fully saturated rings. The third kappa shape index (κ3) is 4.24. The second-order valence-electron chi connectivity index (χ2n) is 7.07. The lowest BCUT2D eigenvalue weighted by atomic mass is 9.74. The summed E-state index contributed by atoms with van der Waals surface area (Å²) in [5.41, 5.74) is 2.50. The van der Waals surface area contributed by atoms with Crippen LogP contribution in [0.3, 0.4) is 0 Å². The highest BCUT2D eigenvalue weighted by Crippen LogP contribution is 2.40. The molecule has 1 atom stereocenters. The number of nitrogens with zero attached hydrogens (tertiary/aromatic N) is 1. The third-order valence-corrected chi connectivity index (χ3v) is 5.88. The number of aliphatic imine (C=N–C) groups is 1. The van der Waals surface area contributed by atoms with Crippen molar-refractivity contribution in [2.75, 3.05) is 0 Å². The maximum atomic E-state index is 13.1. The van der Waals surface area contributed by atoms with Crippen LogP contribution in [0, 0.1) is 5.41 Å². The minimum absolute atomic E-state index is 0.0512. The van der Waals surface area contributed by atoms with Gasteiger partial charge >= 0.3 is 5.97 Å². The topological polar surface area (TPSA) is 38.7 Å². The zero-order chi connectivity index (χ0) is 19.3. The fourth-order valence-corrected chi connectivity index (χ4v) is 4.08. The van der Waals surface area contributed by atoms with Crippen LogP contribution in [0.1, 0.15) is 50.7 Å². The monoisotopic (exact) mass is 383 g/mol. The second-order valence-corrected chi connectivity index (χ2v) is 7.50. The van der Waals surface area contributed by atoms with Gasteiger partial charge in [-0.2, -0.15) is 0 Å². The minimum Gasteiger partial charge on any atom is -0.460 e. The van der Waals surface area contributed by atoms with E-state index >= 15 is 0 Å². The van der Waals surface area contributed by atoms with E-state index in [0.29, 0.717) is 24.5 Å². The SMILES string of the molecule is CCC(CC)(C(=O)OCc1ccccc1)[C@H]1CCC(c2cccc(Cl)c2)=N1. The summed E-state index contributed by atoms with van der Waals surface area (Å²) < 4.78 is 5.72. The van der Waals surface area contributed by atoms with E-state index in [2.05, 4.69) is 13.8 Å². The molecule has 1 heterocycles. The van der Waals surface area contributed by atoms with Gasteiger partial charge in [-0.3, -0.25) is 9.79 Å². The van der Waals surface area contributed by atoms with Crippen LogP contribution in [-0.2, 0) is 16.1 Å². The molecule has 27 heavy (non-hydrogen) atoms. The molecule has 2 aromatic carbocycles. The number of ether oxygens (including phenoxy) is 1. The third-order valence-electron chi connectivity index (χ3n) is 5.64. The van der Waals surface area contributed by atoms with Gasteiger partial charge in [0.25, 0.3) is 0 Å². The standard InChI is InChI=1S/C23H26ClNO2/c1-3-23(4-2,22(26)27-16-17-9-6-5-7-10-17)21-14-13-20(25-21)18-11-8-12-19(24)15-18/h5-12,15,21H,3-4,13-14,16H2,1-2H3/t21-/m1/s1. The smallest absolute Gasteiger partial charge is 0.314 e. The lowest BCUT2D eigenvalue weighted by Gasteiger charge is -2.33. The summed E-state index contributed by atoms with van der Waals surface area (Å²) >= 11 is 6.12. The van der Waals surface area contributed by atoms with Crippen molar-refractivity contribution in [3.05, 3.63) is 70.7 Å². The fourth-order valence-electron chi connectivity index (χ4n) is 3.89. The van der Waals surface area contributed by atoms with Gasteiger partial charge in [0.1, 0.15) is 6.61 Å². The molecule has 142 valence electrons. The Bertz CT molecular complexity index is 812. The zero-order valence-electron chi connectivity index (χ0n) is 16.0. The molecule has 0 aromatic heterocycles. The summed E-state index contributed by atoms with van der Waals surface area (Å²) in [6.07, 6.45) is 3.16. The van der Waals surface area contributed by atoms with Gasteiger partial charge in [-0.1, -0.05) is 67.9 Å². The summed E-state index contributed by atoms with van der Waals surface area (Å²) in [5, 5.41) is 0.707. The summed E-state index contributed by atoms with van der Waals surface area (Å²) in [5.74, 6) is -0.141. The number of carbonyl (C=O) groups is 1. The van der Waals surface area contributed by atoms with Crippen LogP contribution in [0.15, 0.2) is 59.6 Å². The van der Waals surface area contributed by atoms with Crippen molar-refractivity contribution in [2.24, 2.45) is 10.4 Å². The van der Waals surface area contributed by atoms with Gasteiger partial charge in [0, 0.05) is 10.7 Å². The molecule has 3 nitrogen and oxygen atoms in total. The molecule has 2 aromatic rings. The highest BCUT2D eigenvalue weighted by Gasteiger charge is 2.46. The Balaban J connectivity index is 1.78. The maximum absolute atomic E-state index is 13.1. The van der Waals surface area contributed by atoms with E-state index in [-0.39, 0.29) is 12.0 Å². The first-order chi connectivity index (χ1) is 13.1. The van der Waals surface area contributed by atoms with E-state index in [1.807, 2.05) is 54.6 Å². The predicted molar refractivity (Wildman–Crippen MR) is 110 cm³/mol. The molecule has 0 N–H and O–H groups in total. The molecule has 0 saturated heterocycles. The summed E-state index contributed by atoms with van der Waals surface area (Å²) in [7, 11) is 0. The Morgan fingerprint density at radius 1 is 1.15 bits per heavy atom. The molecule has 0 bridgehead atoms. The molecule has 0 spiro atoms. The average Bonchev–Trinajstić information content (AvgIpc) is 3.19. The lowest BCUT2D eigenvalue weighted by Crippen LogP contribution is -2.41. The van der Waals surface area contributed by atoms with Gasteiger partial charge in [-0.15, -0.1) is 0 Å². The Hall–Kier alpha value is -2.13. The first-order valence-electron chi connectivity index (χ1n) is 9.63. The summed E-state index contributed by atoms with van der Waals surface area (Å²) in [4.78, 5) is 18.0. The van der Waals surface area contributed by atoms with Gasteiger partial charge in [0.2, 0.25) is 0 Å². The van der Waals surface area contributed by atoms with Crippen LogP contribution in [0.4, 0.5) is 0 Å². The molecule has 0 amide bonds. The van der Waals surface area contributed by atoms with Crippen LogP contribution < -0.4 is 0 Å². The molecule has 0 aliphatic carbocycles. The van der Waals surface area contributed by atoms with E-state index in [9.17, 15) is 4.79 Å². The Morgan fingerprint density at radius 3 is 2.56 bits per heavy atom. The van der Waals surface area contributed by atoms with Crippen molar-refractivity contribution in [3.63, 3.8) is 0 Å². The van der Waals surface area contributed by atoms with Crippen LogP contribution in [-0.4, -0.2) is 17.7 Å². The van der Waals surface area contributed by atoms with Crippen molar-refractivity contribution in [3.8, 4) is 0 Å². The van der Waals surface area contributed by atoms with E-state index in [4.69, 9.17) is 21.3 Å². The first kappa shape index (κ1) is 19.6. The molecule has 0 saturated carbocycles. The molecular formula is C23H26ClNO2. The first-order valence-corrected chi connectivity index (χ1v) is 10.0. The van der Waals surface area contributed by atoms with E-state index in [0.717, 1.165) is 29.7 Å². The van der Waals surface area contributed by atoms with Crippen LogP contribution >= 0.6 is 11.6 Å². The van der Waals surface area contributed by atoms with Gasteiger partial charge in [-0.05, 0) is 48.9 Å². The predicted octanol–water partition coefficient (Wildman–Crippen LogP) is 5.84. The molecule has 3 rings (SSSR count). The highest BCUT2D eigenvalue weighted by atomic mass is 35.5. The Morgan fingerprint density at radius 2 is 1.89 bits per heavy atom. The van der Waals surface area contributed by atoms with Crippen LogP contribution in [0.5, 0.6) is 0 Å². The van der Waals surface area contributed by atoms with Gasteiger partial charge < -0.3 is 4.74 Å². The van der Waals surface area contributed by atoms with Gasteiger partial charge in [0.15, 0.2) is 0 Å². The van der Waals surface area contributed by atoms with Crippen LogP contribution in [0.2, 0.25) is 5.02 Å². The van der Waals surface area contributed by atoms with E-state index in [1.165, 1.54) is 0 Å². The van der Waals surface area contributed by atoms with Crippen molar-refractivity contribution in [1.29, 1.82) is 0 Å². The van der Waals surface area contributed by atoms with Gasteiger partial charge in [-0.25, -0.2) is 0 Å². The number of hydrogen-bond donors (Lipinski definition) is 0. The molecule has 1 aliphatic rings. The van der Waals surface area contributed by atoms with Crippen molar-refractivity contribution in [2.45, 2.75) is 52.2 Å². The number of esters is 1. The highest BCUT2D eigenvalue weighted by molar-refractivity contribution is 6.31. The second kappa shape index (κ2) is 8.71.